The number of carbonyl (C=O) groups excluding carboxylic acids is 2. The van der Waals surface area contributed by atoms with Crippen molar-refractivity contribution in [3.63, 3.8) is 0 Å². The van der Waals surface area contributed by atoms with E-state index in [1.807, 2.05) is 0 Å². The summed E-state index contributed by atoms with van der Waals surface area (Å²) in [6, 6.07) is 15.9. The smallest absolute Gasteiger partial charge is 0.321 e. The van der Waals surface area contributed by atoms with E-state index in [4.69, 9.17) is 9.47 Å². The Kier molecular flexibility index (Phi) is 7.56. The number of ketones is 1. The Morgan fingerprint density at radius 2 is 1.62 bits per heavy atom. The Hall–Kier alpha value is -3.72. The third-order valence-corrected chi connectivity index (χ3v) is 5.36. The lowest BCUT2D eigenvalue weighted by Gasteiger charge is -2.07. The Bertz CT molecular complexity index is 1130. The molecule has 0 heterocycles. The Morgan fingerprint density at radius 1 is 1.00 bits per heavy atom. The van der Waals surface area contributed by atoms with Crippen LogP contribution in [-0.2, 0) is 10.5 Å². The van der Waals surface area contributed by atoms with Crippen LogP contribution < -0.4 is 9.47 Å². The van der Waals surface area contributed by atoms with Crippen molar-refractivity contribution in [2.45, 2.75) is 5.75 Å². The van der Waals surface area contributed by atoms with Gasteiger partial charge in [0, 0.05) is 22.9 Å². The molecule has 0 N–H and O–H groups in total. The van der Waals surface area contributed by atoms with E-state index < -0.39 is 16.7 Å². The van der Waals surface area contributed by atoms with Gasteiger partial charge in [0.15, 0.2) is 11.5 Å². The number of methoxy groups -OCH3 is 1. The van der Waals surface area contributed by atoms with Crippen LogP contribution in [0, 0.1) is 15.9 Å². The molecule has 0 saturated heterocycles. The summed E-state index contributed by atoms with van der Waals surface area (Å²) < 4.78 is 23.2. The van der Waals surface area contributed by atoms with Crippen LogP contribution in [0.2, 0.25) is 0 Å². The number of thioether (sulfide) groups is 1. The topological polar surface area (TPSA) is 95.7 Å². The largest absolute Gasteiger partial charge is 0.490 e. The van der Waals surface area contributed by atoms with E-state index >= 15 is 0 Å². The number of rotatable bonds is 9. The molecule has 0 aliphatic heterocycles. The first-order valence-electron chi connectivity index (χ1n) is 9.37. The zero-order valence-corrected chi connectivity index (χ0v) is 17.8. The van der Waals surface area contributed by atoms with Gasteiger partial charge in [-0.25, -0.2) is 4.39 Å². The van der Waals surface area contributed by atoms with Crippen LogP contribution in [0.1, 0.15) is 21.5 Å². The molecule has 0 spiro atoms. The molecule has 0 saturated carbocycles. The standard InChI is InChI=1S/C23H18FNO6S/c1-30-21-11-2-15(12-20(21)25(28)29)13-32-14-22(26)31-19-9-5-17(6-10-19)23(27)16-3-7-18(24)8-4-16/h2-12H,13-14H2,1H3. The van der Waals surface area contributed by atoms with Gasteiger partial charge in [0.05, 0.1) is 17.8 Å². The maximum absolute atomic E-state index is 13.0. The number of halogens is 1. The van der Waals surface area contributed by atoms with E-state index in [0.29, 0.717) is 22.4 Å². The second-order valence-corrected chi connectivity index (χ2v) is 7.58. The van der Waals surface area contributed by atoms with Crippen molar-refractivity contribution in [1.82, 2.24) is 0 Å². The van der Waals surface area contributed by atoms with Crippen LogP contribution >= 0.6 is 11.8 Å². The van der Waals surface area contributed by atoms with Gasteiger partial charge in [0.2, 0.25) is 0 Å². The fourth-order valence-electron chi connectivity index (χ4n) is 2.82. The van der Waals surface area contributed by atoms with Gasteiger partial charge in [-0.1, -0.05) is 6.07 Å². The lowest BCUT2D eigenvalue weighted by Crippen LogP contribution is -2.11. The molecule has 0 atom stereocenters. The molecule has 7 nitrogen and oxygen atoms in total. The van der Waals surface area contributed by atoms with Gasteiger partial charge in [0.1, 0.15) is 11.6 Å². The minimum atomic E-state index is -0.522. The number of esters is 1. The van der Waals surface area contributed by atoms with E-state index in [0.717, 1.165) is 0 Å². The predicted octanol–water partition coefficient (Wildman–Crippen LogP) is 4.81. The Balaban J connectivity index is 1.52. The van der Waals surface area contributed by atoms with Gasteiger partial charge in [-0.3, -0.25) is 19.7 Å². The molecule has 3 aromatic carbocycles. The highest BCUT2D eigenvalue weighted by Crippen LogP contribution is 2.29. The molecule has 164 valence electrons. The van der Waals surface area contributed by atoms with Crippen LogP contribution in [0.4, 0.5) is 10.1 Å². The highest BCUT2D eigenvalue weighted by atomic mass is 32.2. The number of nitrogens with zero attached hydrogens (tertiary/aromatic N) is 1. The number of ether oxygens (including phenoxy) is 2. The molecular weight excluding hydrogens is 437 g/mol. The molecule has 0 unspecified atom stereocenters. The summed E-state index contributed by atoms with van der Waals surface area (Å²) in [6.45, 7) is 0. The van der Waals surface area contributed by atoms with Gasteiger partial charge in [-0.15, -0.1) is 11.8 Å². The molecule has 0 radical (unpaired) electrons. The maximum atomic E-state index is 13.0. The minimum absolute atomic E-state index is 0.0378. The molecule has 0 aromatic heterocycles. The van der Waals surface area contributed by atoms with E-state index in [1.165, 1.54) is 79.5 Å². The van der Waals surface area contributed by atoms with E-state index in [-0.39, 0.29) is 28.7 Å². The second kappa shape index (κ2) is 10.5. The summed E-state index contributed by atoms with van der Waals surface area (Å²) in [5.74, 6) is -0.313. The zero-order valence-electron chi connectivity index (χ0n) is 16.9. The molecule has 32 heavy (non-hydrogen) atoms. The van der Waals surface area contributed by atoms with Crippen molar-refractivity contribution in [1.29, 1.82) is 0 Å². The van der Waals surface area contributed by atoms with Crippen molar-refractivity contribution in [3.05, 3.63) is 99.4 Å². The number of nitro groups is 1. The summed E-state index contributed by atoms with van der Waals surface area (Å²) in [7, 11) is 1.36. The van der Waals surface area contributed by atoms with Gasteiger partial charge >= 0.3 is 11.7 Å². The summed E-state index contributed by atoms with van der Waals surface area (Å²) in [4.78, 5) is 35.0. The third kappa shape index (κ3) is 5.92. The lowest BCUT2D eigenvalue weighted by atomic mass is 10.0. The van der Waals surface area contributed by atoms with E-state index in [9.17, 15) is 24.1 Å². The van der Waals surface area contributed by atoms with Crippen molar-refractivity contribution >= 4 is 29.2 Å². The molecular formula is C23H18FNO6S. The van der Waals surface area contributed by atoms with Crippen LogP contribution in [0.25, 0.3) is 0 Å². The molecule has 0 amide bonds. The maximum Gasteiger partial charge on any atom is 0.321 e. The predicted molar refractivity (Wildman–Crippen MR) is 118 cm³/mol. The Morgan fingerprint density at radius 3 is 2.22 bits per heavy atom. The summed E-state index contributed by atoms with van der Waals surface area (Å²) in [6.07, 6.45) is 0. The number of hydrogen-bond acceptors (Lipinski definition) is 7. The fraction of sp³-hybridized carbons (Fsp3) is 0.130. The minimum Gasteiger partial charge on any atom is -0.490 e. The third-order valence-electron chi connectivity index (χ3n) is 4.38. The summed E-state index contributed by atoms with van der Waals surface area (Å²) in [5, 5.41) is 11.1. The number of benzene rings is 3. The average Bonchev–Trinajstić information content (AvgIpc) is 2.79. The second-order valence-electron chi connectivity index (χ2n) is 6.59. The molecule has 3 rings (SSSR count). The van der Waals surface area contributed by atoms with Crippen molar-refractivity contribution < 1.29 is 28.4 Å². The van der Waals surface area contributed by atoms with Gasteiger partial charge in [-0.2, -0.15) is 0 Å². The highest BCUT2D eigenvalue weighted by molar-refractivity contribution is 7.99. The number of carbonyl (C=O) groups is 2. The van der Waals surface area contributed by atoms with E-state index in [2.05, 4.69) is 0 Å². The van der Waals surface area contributed by atoms with E-state index in [1.54, 1.807) is 6.07 Å². The zero-order chi connectivity index (χ0) is 23.1. The van der Waals surface area contributed by atoms with Crippen LogP contribution in [0.15, 0.2) is 66.7 Å². The molecule has 0 bridgehead atoms. The fourth-order valence-corrected chi connectivity index (χ4v) is 3.57. The highest BCUT2D eigenvalue weighted by Gasteiger charge is 2.16. The molecule has 0 fully saturated rings. The van der Waals surface area contributed by atoms with Crippen LogP contribution in [-0.4, -0.2) is 29.5 Å². The van der Waals surface area contributed by atoms with Gasteiger partial charge in [-0.05, 0) is 60.2 Å². The lowest BCUT2D eigenvalue weighted by molar-refractivity contribution is -0.385. The number of nitro benzene ring substituents is 1. The first kappa shape index (κ1) is 23.0. The van der Waals surface area contributed by atoms with Gasteiger partial charge in [0.25, 0.3) is 0 Å². The van der Waals surface area contributed by atoms with Crippen LogP contribution in [0.5, 0.6) is 11.5 Å². The summed E-state index contributed by atoms with van der Waals surface area (Å²) in [5.41, 5.74) is 1.28. The molecule has 0 aliphatic carbocycles. The van der Waals surface area contributed by atoms with Crippen molar-refractivity contribution in [2.24, 2.45) is 0 Å². The first-order valence-corrected chi connectivity index (χ1v) is 10.5. The average molecular weight is 455 g/mol. The van der Waals surface area contributed by atoms with Crippen LogP contribution in [0.3, 0.4) is 0 Å². The molecule has 3 aromatic rings. The van der Waals surface area contributed by atoms with Crippen molar-refractivity contribution in [3.8, 4) is 11.5 Å². The SMILES string of the molecule is COc1ccc(CSCC(=O)Oc2ccc(C(=O)c3ccc(F)cc3)cc2)cc1[N+](=O)[O-]. The Labute approximate surface area is 187 Å². The van der Waals surface area contributed by atoms with Crippen molar-refractivity contribution in [2.75, 3.05) is 12.9 Å². The summed E-state index contributed by atoms with van der Waals surface area (Å²) >= 11 is 1.25. The monoisotopic (exact) mass is 455 g/mol. The normalized spacial score (nSPS) is 10.4. The number of hydrogen-bond donors (Lipinski definition) is 0. The first-order chi connectivity index (χ1) is 15.4. The van der Waals surface area contributed by atoms with Gasteiger partial charge < -0.3 is 9.47 Å². The quantitative estimate of drug-likeness (QED) is 0.150. The molecule has 0 aliphatic rings. The molecule has 9 heteroatoms.